The van der Waals surface area contributed by atoms with Crippen molar-refractivity contribution in [2.24, 2.45) is 11.8 Å². The SMILES string of the molecule is CC(C)CNCC(C)CN1CCC2CCC(C1)N2C. The monoisotopic (exact) mass is 267 g/mol. The summed E-state index contributed by atoms with van der Waals surface area (Å²) in [4.78, 5) is 5.35. The van der Waals surface area contributed by atoms with Crippen LogP contribution in [0.4, 0.5) is 0 Å². The zero-order valence-electron chi connectivity index (χ0n) is 13.4. The number of nitrogens with zero attached hydrogens (tertiary/aromatic N) is 2. The van der Waals surface area contributed by atoms with Crippen LogP contribution in [0, 0.1) is 11.8 Å². The minimum atomic E-state index is 0.759. The lowest BCUT2D eigenvalue weighted by Crippen LogP contribution is -2.40. The van der Waals surface area contributed by atoms with Crippen LogP contribution in [-0.2, 0) is 0 Å². The first-order valence-corrected chi connectivity index (χ1v) is 8.21. The highest BCUT2D eigenvalue weighted by atomic mass is 15.3. The summed E-state index contributed by atoms with van der Waals surface area (Å²) in [5.41, 5.74) is 0. The molecule has 2 aliphatic rings. The Labute approximate surface area is 119 Å². The maximum absolute atomic E-state index is 3.60. The second-order valence-corrected chi connectivity index (χ2v) is 7.26. The number of hydrogen-bond donors (Lipinski definition) is 1. The summed E-state index contributed by atoms with van der Waals surface area (Å²) in [7, 11) is 2.33. The minimum Gasteiger partial charge on any atom is -0.316 e. The molecule has 19 heavy (non-hydrogen) atoms. The van der Waals surface area contributed by atoms with Crippen LogP contribution in [0.15, 0.2) is 0 Å². The molecular weight excluding hydrogens is 234 g/mol. The number of likely N-dealkylation sites (tertiary alicyclic amines) is 1. The smallest absolute Gasteiger partial charge is 0.0223 e. The van der Waals surface area contributed by atoms with Gasteiger partial charge in [0.2, 0.25) is 0 Å². The lowest BCUT2D eigenvalue weighted by Gasteiger charge is -2.28. The van der Waals surface area contributed by atoms with Crippen molar-refractivity contribution in [3.8, 4) is 0 Å². The van der Waals surface area contributed by atoms with E-state index < -0.39 is 0 Å². The number of nitrogens with one attached hydrogen (secondary N) is 1. The molecule has 3 atom stereocenters. The molecule has 3 nitrogen and oxygen atoms in total. The summed E-state index contributed by atoms with van der Waals surface area (Å²) < 4.78 is 0. The molecule has 0 spiro atoms. The average Bonchev–Trinajstić information content (AvgIpc) is 2.57. The molecule has 2 saturated heterocycles. The van der Waals surface area contributed by atoms with Gasteiger partial charge in [-0.2, -0.15) is 0 Å². The second-order valence-electron chi connectivity index (χ2n) is 7.26. The lowest BCUT2D eigenvalue weighted by molar-refractivity contribution is 0.200. The fourth-order valence-electron chi connectivity index (χ4n) is 3.67. The zero-order chi connectivity index (χ0) is 13.8. The highest BCUT2D eigenvalue weighted by Gasteiger charge is 2.34. The average molecular weight is 267 g/mol. The van der Waals surface area contributed by atoms with Gasteiger partial charge in [-0.25, -0.2) is 0 Å². The van der Waals surface area contributed by atoms with Gasteiger partial charge in [0.05, 0.1) is 0 Å². The number of rotatable bonds is 6. The maximum Gasteiger partial charge on any atom is 0.0223 e. The Kier molecular flexibility index (Phi) is 5.67. The Morgan fingerprint density at radius 1 is 1.05 bits per heavy atom. The van der Waals surface area contributed by atoms with Gasteiger partial charge in [0.15, 0.2) is 0 Å². The summed E-state index contributed by atoms with van der Waals surface area (Å²) >= 11 is 0. The maximum atomic E-state index is 3.60. The summed E-state index contributed by atoms with van der Waals surface area (Å²) in [6, 6.07) is 1.69. The first-order valence-electron chi connectivity index (χ1n) is 8.21. The van der Waals surface area contributed by atoms with Gasteiger partial charge >= 0.3 is 0 Å². The highest BCUT2D eigenvalue weighted by Crippen LogP contribution is 2.28. The van der Waals surface area contributed by atoms with Crippen LogP contribution < -0.4 is 5.32 Å². The van der Waals surface area contributed by atoms with Crippen molar-refractivity contribution in [3.05, 3.63) is 0 Å². The third kappa shape index (κ3) is 4.44. The molecule has 0 aliphatic carbocycles. The molecule has 2 aliphatic heterocycles. The summed E-state index contributed by atoms with van der Waals surface area (Å²) in [6.45, 7) is 13.1. The van der Waals surface area contributed by atoms with Crippen molar-refractivity contribution >= 4 is 0 Å². The summed E-state index contributed by atoms with van der Waals surface area (Å²) in [6.07, 6.45) is 4.22. The number of fused-ring (bicyclic) bond motifs is 2. The van der Waals surface area contributed by atoms with E-state index >= 15 is 0 Å². The van der Waals surface area contributed by atoms with Gasteiger partial charge in [-0.1, -0.05) is 20.8 Å². The van der Waals surface area contributed by atoms with Gasteiger partial charge in [0.1, 0.15) is 0 Å². The van der Waals surface area contributed by atoms with Crippen molar-refractivity contribution in [2.45, 2.75) is 52.1 Å². The van der Waals surface area contributed by atoms with Crippen molar-refractivity contribution in [1.29, 1.82) is 0 Å². The van der Waals surface area contributed by atoms with Gasteiger partial charge in [0.25, 0.3) is 0 Å². The van der Waals surface area contributed by atoms with E-state index in [1.165, 1.54) is 45.4 Å². The molecule has 0 radical (unpaired) electrons. The summed E-state index contributed by atoms with van der Waals surface area (Å²) in [5, 5.41) is 3.60. The molecule has 2 rings (SSSR count). The topological polar surface area (TPSA) is 18.5 Å². The number of hydrogen-bond acceptors (Lipinski definition) is 3. The van der Waals surface area contributed by atoms with Gasteiger partial charge in [-0.05, 0) is 57.8 Å². The Morgan fingerprint density at radius 3 is 2.53 bits per heavy atom. The van der Waals surface area contributed by atoms with Crippen LogP contribution in [-0.4, -0.2) is 61.7 Å². The van der Waals surface area contributed by atoms with Crippen LogP contribution in [0.25, 0.3) is 0 Å². The molecule has 0 aromatic rings. The fraction of sp³-hybridized carbons (Fsp3) is 1.00. The van der Waals surface area contributed by atoms with E-state index in [1.54, 1.807) is 0 Å². The predicted octanol–water partition coefficient (Wildman–Crippen LogP) is 2.04. The molecule has 3 heteroatoms. The first kappa shape index (κ1) is 15.3. The van der Waals surface area contributed by atoms with E-state index in [9.17, 15) is 0 Å². The van der Waals surface area contributed by atoms with Gasteiger partial charge in [-0.3, -0.25) is 4.90 Å². The highest BCUT2D eigenvalue weighted by molar-refractivity contribution is 4.91. The van der Waals surface area contributed by atoms with E-state index in [1.807, 2.05) is 0 Å². The molecule has 0 saturated carbocycles. The Morgan fingerprint density at radius 2 is 1.79 bits per heavy atom. The van der Waals surface area contributed by atoms with E-state index in [2.05, 4.69) is 42.9 Å². The lowest BCUT2D eigenvalue weighted by atomic mass is 10.1. The quantitative estimate of drug-likeness (QED) is 0.794. The molecule has 1 N–H and O–H groups in total. The largest absolute Gasteiger partial charge is 0.316 e. The van der Waals surface area contributed by atoms with Crippen LogP contribution >= 0.6 is 0 Å². The molecule has 0 amide bonds. The van der Waals surface area contributed by atoms with E-state index in [0.717, 1.165) is 30.5 Å². The molecule has 2 bridgehead atoms. The molecule has 3 unspecified atom stereocenters. The van der Waals surface area contributed by atoms with E-state index in [-0.39, 0.29) is 0 Å². The van der Waals surface area contributed by atoms with Crippen LogP contribution in [0.1, 0.15) is 40.0 Å². The molecule has 0 aromatic heterocycles. The Balaban J connectivity index is 1.70. The Hall–Kier alpha value is -0.120. The Bertz CT molecular complexity index is 267. The second kappa shape index (κ2) is 7.05. The third-order valence-corrected chi connectivity index (χ3v) is 4.85. The standard InChI is InChI=1S/C16H33N3/c1-13(2)9-17-10-14(3)11-19-8-7-15-5-6-16(12-19)18(15)4/h13-17H,5-12H2,1-4H3. The van der Waals surface area contributed by atoms with Crippen LogP contribution in [0.5, 0.6) is 0 Å². The van der Waals surface area contributed by atoms with Crippen LogP contribution in [0.2, 0.25) is 0 Å². The third-order valence-electron chi connectivity index (χ3n) is 4.85. The fourth-order valence-corrected chi connectivity index (χ4v) is 3.67. The minimum absolute atomic E-state index is 0.759. The normalized spacial score (nSPS) is 30.8. The summed E-state index contributed by atoms with van der Waals surface area (Å²) in [5.74, 6) is 1.52. The van der Waals surface area contributed by atoms with Crippen molar-refractivity contribution in [3.63, 3.8) is 0 Å². The first-order chi connectivity index (χ1) is 9.06. The van der Waals surface area contributed by atoms with Gasteiger partial charge < -0.3 is 10.2 Å². The van der Waals surface area contributed by atoms with Crippen LogP contribution in [0.3, 0.4) is 0 Å². The molecule has 112 valence electrons. The molecular formula is C16H33N3. The van der Waals surface area contributed by atoms with Crippen molar-refractivity contribution in [1.82, 2.24) is 15.1 Å². The predicted molar refractivity (Wildman–Crippen MR) is 82.5 cm³/mol. The van der Waals surface area contributed by atoms with E-state index in [4.69, 9.17) is 0 Å². The number of likely N-dealkylation sites (N-methyl/N-ethyl adjacent to an activating group) is 1. The van der Waals surface area contributed by atoms with Gasteiger partial charge in [-0.15, -0.1) is 0 Å². The van der Waals surface area contributed by atoms with Gasteiger partial charge in [0, 0.05) is 25.2 Å². The molecule has 2 heterocycles. The van der Waals surface area contributed by atoms with Crippen molar-refractivity contribution < 1.29 is 0 Å². The molecule has 0 aromatic carbocycles. The molecule has 2 fully saturated rings. The van der Waals surface area contributed by atoms with Crippen molar-refractivity contribution in [2.75, 3.05) is 39.8 Å². The zero-order valence-corrected chi connectivity index (χ0v) is 13.4. The van der Waals surface area contributed by atoms with E-state index in [0.29, 0.717) is 0 Å².